The van der Waals surface area contributed by atoms with Crippen molar-refractivity contribution >= 4 is 16.9 Å². The summed E-state index contributed by atoms with van der Waals surface area (Å²) < 4.78 is 3.50. The van der Waals surface area contributed by atoms with Gasteiger partial charge in [0.1, 0.15) is 6.04 Å². The van der Waals surface area contributed by atoms with Crippen molar-refractivity contribution in [3.8, 4) is 0 Å². The molecule has 1 fully saturated rings. The fraction of sp³-hybridized carbons (Fsp3) is 0.517. The summed E-state index contributed by atoms with van der Waals surface area (Å²) in [6, 6.07) is 12.5. The van der Waals surface area contributed by atoms with Crippen LogP contribution in [0.4, 0.5) is 0 Å². The van der Waals surface area contributed by atoms with Gasteiger partial charge >= 0.3 is 5.69 Å². The van der Waals surface area contributed by atoms with E-state index in [2.05, 4.69) is 24.0 Å². The molecule has 1 aromatic heterocycles. The van der Waals surface area contributed by atoms with Crippen LogP contribution in [0.15, 0.2) is 41.2 Å². The van der Waals surface area contributed by atoms with Crippen LogP contribution in [0.5, 0.6) is 0 Å². The number of primary amides is 1. The summed E-state index contributed by atoms with van der Waals surface area (Å²) >= 11 is 0. The van der Waals surface area contributed by atoms with E-state index in [9.17, 15) is 9.59 Å². The summed E-state index contributed by atoms with van der Waals surface area (Å²) in [6.07, 6.45) is 8.31. The maximum Gasteiger partial charge on any atom is 0.330 e. The van der Waals surface area contributed by atoms with Crippen LogP contribution in [0.25, 0.3) is 11.0 Å². The van der Waals surface area contributed by atoms with Gasteiger partial charge in [0.25, 0.3) is 0 Å². The lowest BCUT2D eigenvalue weighted by Gasteiger charge is -2.44. The molecule has 0 saturated carbocycles. The lowest BCUT2D eigenvalue weighted by Crippen LogP contribution is -2.41. The average Bonchev–Trinajstić information content (AvgIpc) is 3.17. The predicted octanol–water partition coefficient (Wildman–Crippen LogP) is 4.75. The van der Waals surface area contributed by atoms with Crippen LogP contribution in [-0.2, 0) is 11.2 Å². The number of para-hydroxylation sites is 2. The number of carbonyl (C=O) groups excluding carboxylic acids is 1. The minimum Gasteiger partial charge on any atom is -0.368 e. The van der Waals surface area contributed by atoms with Gasteiger partial charge in [-0.1, -0.05) is 24.3 Å². The van der Waals surface area contributed by atoms with Crippen molar-refractivity contribution in [2.45, 2.75) is 82.8 Å². The second-order valence-electron chi connectivity index (χ2n) is 10.9. The number of nitrogens with zero attached hydrogens (tertiary/aromatic N) is 3. The van der Waals surface area contributed by atoms with Gasteiger partial charge in [0.15, 0.2) is 0 Å². The monoisotopic (exact) mass is 472 g/mol. The number of imidazole rings is 1. The van der Waals surface area contributed by atoms with E-state index in [4.69, 9.17) is 5.73 Å². The fourth-order valence-corrected chi connectivity index (χ4v) is 7.25. The number of nitrogens with two attached hydrogens (primary N) is 1. The van der Waals surface area contributed by atoms with E-state index in [1.807, 2.05) is 28.8 Å². The third kappa shape index (κ3) is 3.56. The highest BCUT2D eigenvalue weighted by Gasteiger charge is 2.36. The SMILES string of the molecule is Cc1ccc2c3c1CCCC3CCC2N1CCC(n2c(=O)n(C(C)C(N)=O)c3ccccc32)CC1. The Morgan fingerprint density at radius 1 is 1.00 bits per heavy atom. The number of fused-ring (bicyclic) bond motifs is 1. The van der Waals surface area contributed by atoms with E-state index in [1.54, 1.807) is 28.2 Å². The summed E-state index contributed by atoms with van der Waals surface area (Å²) in [5, 5.41) is 0. The molecule has 2 heterocycles. The number of likely N-dealkylation sites (tertiary alicyclic amines) is 1. The standard InChI is InChI=1S/C29H36N4O2/c1-18-10-12-23-24(13-11-20-6-5-7-22(18)27(20)23)31-16-14-21(15-17-31)33-26-9-4-3-8-25(26)32(29(33)35)19(2)28(30)34/h3-4,8-10,12,19-21,24H,5-7,11,13-17H2,1-2H3,(H2,30,34). The molecule has 184 valence electrons. The maximum atomic E-state index is 13.5. The Hall–Kier alpha value is -2.86. The van der Waals surface area contributed by atoms with Crippen molar-refractivity contribution in [1.82, 2.24) is 14.0 Å². The molecule has 1 amide bonds. The lowest BCUT2D eigenvalue weighted by atomic mass is 9.70. The molecule has 0 bridgehead atoms. The molecule has 6 nitrogen and oxygen atoms in total. The molecular weight excluding hydrogens is 436 g/mol. The second kappa shape index (κ2) is 8.66. The van der Waals surface area contributed by atoms with Crippen molar-refractivity contribution in [3.63, 3.8) is 0 Å². The normalized spacial score (nSPS) is 23.8. The second-order valence-corrected chi connectivity index (χ2v) is 10.9. The average molecular weight is 473 g/mol. The van der Waals surface area contributed by atoms with Gasteiger partial charge in [-0.05, 0) is 99.1 Å². The number of aromatic nitrogens is 2. The third-order valence-corrected chi connectivity index (χ3v) is 9.08. The highest BCUT2D eigenvalue weighted by Crippen LogP contribution is 2.48. The number of piperidine rings is 1. The Balaban J connectivity index is 1.28. The molecule has 2 aliphatic carbocycles. The van der Waals surface area contributed by atoms with Gasteiger partial charge in [-0.3, -0.25) is 18.8 Å². The van der Waals surface area contributed by atoms with Gasteiger partial charge in [-0.25, -0.2) is 4.79 Å². The number of aryl methyl sites for hydroxylation is 1. The van der Waals surface area contributed by atoms with Gasteiger partial charge in [0.2, 0.25) is 5.91 Å². The van der Waals surface area contributed by atoms with Crippen LogP contribution in [0.1, 0.15) is 91.7 Å². The van der Waals surface area contributed by atoms with Gasteiger partial charge in [-0.15, -0.1) is 0 Å². The van der Waals surface area contributed by atoms with Crippen molar-refractivity contribution in [2.24, 2.45) is 5.73 Å². The number of hydrogen-bond acceptors (Lipinski definition) is 3. The molecule has 1 saturated heterocycles. The van der Waals surface area contributed by atoms with E-state index < -0.39 is 11.9 Å². The number of benzene rings is 2. The maximum absolute atomic E-state index is 13.5. The largest absolute Gasteiger partial charge is 0.368 e. The summed E-state index contributed by atoms with van der Waals surface area (Å²) in [6.45, 7) is 5.96. The molecule has 2 aromatic carbocycles. The predicted molar refractivity (Wildman–Crippen MR) is 139 cm³/mol. The Labute approximate surface area is 206 Å². The smallest absolute Gasteiger partial charge is 0.330 e. The molecular formula is C29H36N4O2. The van der Waals surface area contributed by atoms with E-state index in [-0.39, 0.29) is 11.7 Å². The molecule has 3 aromatic rings. The first-order valence-corrected chi connectivity index (χ1v) is 13.3. The van der Waals surface area contributed by atoms with Crippen LogP contribution in [0, 0.1) is 6.92 Å². The summed E-state index contributed by atoms with van der Waals surface area (Å²) in [5.74, 6) is 0.265. The van der Waals surface area contributed by atoms with Gasteiger partial charge in [0, 0.05) is 25.2 Å². The number of hydrogen-bond donors (Lipinski definition) is 1. The van der Waals surface area contributed by atoms with Crippen molar-refractivity contribution in [2.75, 3.05) is 13.1 Å². The van der Waals surface area contributed by atoms with Gasteiger partial charge < -0.3 is 5.73 Å². The molecule has 3 aliphatic rings. The van der Waals surface area contributed by atoms with Crippen LogP contribution in [0.2, 0.25) is 0 Å². The van der Waals surface area contributed by atoms with E-state index in [0.29, 0.717) is 6.04 Å². The van der Waals surface area contributed by atoms with Crippen LogP contribution in [0.3, 0.4) is 0 Å². The molecule has 1 aliphatic heterocycles. The Morgan fingerprint density at radius 3 is 2.49 bits per heavy atom. The lowest BCUT2D eigenvalue weighted by molar-refractivity contribution is -0.120. The van der Waals surface area contributed by atoms with Crippen molar-refractivity contribution in [3.05, 3.63) is 69.1 Å². The highest BCUT2D eigenvalue weighted by molar-refractivity contribution is 5.82. The number of amides is 1. The van der Waals surface area contributed by atoms with E-state index in [0.717, 1.165) is 42.9 Å². The summed E-state index contributed by atoms with van der Waals surface area (Å²) in [5.41, 5.74) is 13.5. The Bertz CT molecular complexity index is 1340. The molecule has 0 radical (unpaired) electrons. The minimum absolute atomic E-state index is 0.121. The summed E-state index contributed by atoms with van der Waals surface area (Å²) in [4.78, 5) is 28.1. The third-order valence-electron chi connectivity index (χ3n) is 9.08. The van der Waals surface area contributed by atoms with E-state index in [1.165, 1.54) is 37.7 Å². The molecule has 0 spiro atoms. The summed E-state index contributed by atoms with van der Waals surface area (Å²) in [7, 11) is 0. The minimum atomic E-state index is -0.670. The molecule has 3 unspecified atom stereocenters. The Kier molecular flexibility index (Phi) is 5.59. The molecule has 3 atom stereocenters. The topological polar surface area (TPSA) is 73.3 Å². The molecule has 6 heteroatoms. The van der Waals surface area contributed by atoms with Crippen LogP contribution >= 0.6 is 0 Å². The molecule has 6 rings (SSSR count). The van der Waals surface area contributed by atoms with Crippen LogP contribution in [-0.4, -0.2) is 33.0 Å². The molecule has 2 N–H and O–H groups in total. The first-order valence-electron chi connectivity index (χ1n) is 13.3. The van der Waals surface area contributed by atoms with Crippen molar-refractivity contribution in [1.29, 1.82) is 0 Å². The zero-order valence-corrected chi connectivity index (χ0v) is 20.9. The first-order chi connectivity index (χ1) is 17.0. The van der Waals surface area contributed by atoms with Crippen LogP contribution < -0.4 is 11.4 Å². The molecule has 35 heavy (non-hydrogen) atoms. The first kappa shape index (κ1) is 22.6. The number of carbonyl (C=O) groups is 1. The van der Waals surface area contributed by atoms with Gasteiger partial charge in [0.05, 0.1) is 11.0 Å². The van der Waals surface area contributed by atoms with E-state index >= 15 is 0 Å². The number of rotatable bonds is 4. The zero-order valence-electron chi connectivity index (χ0n) is 20.9. The fourth-order valence-electron chi connectivity index (χ4n) is 7.25. The van der Waals surface area contributed by atoms with Gasteiger partial charge in [-0.2, -0.15) is 0 Å². The van der Waals surface area contributed by atoms with Crippen molar-refractivity contribution < 1.29 is 4.79 Å². The zero-order chi connectivity index (χ0) is 24.3. The highest BCUT2D eigenvalue weighted by atomic mass is 16.2. The Morgan fingerprint density at radius 2 is 1.74 bits per heavy atom. The quantitative estimate of drug-likeness (QED) is 0.596.